The summed E-state index contributed by atoms with van der Waals surface area (Å²) in [6.07, 6.45) is -3.35. The smallest absolute Gasteiger partial charge is 0.435 e. The molecule has 0 unspecified atom stereocenters. The lowest BCUT2D eigenvalue weighted by Crippen LogP contribution is -2.08. The SMILES string of the molecule is Cc1oc(Cn2ccc(C(F)(F)F)n2)cc1C(=O)O. The minimum Gasteiger partial charge on any atom is -0.478 e. The molecule has 0 spiro atoms. The summed E-state index contributed by atoms with van der Waals surface area (Å²) in [4.78, 5) is 10.8. The Morgan fingerprint density at radius 3 is 2.68 bits per heavy atom. The molecule has 102 valence electrons. The van der Waals surface area contributed by atoms with E-state index in [1.54, 1.807) is 0 Å². The zero-order valence-corrected chi connectivity index (χ0v) is 9.73. The van der Waals surface area contributed by atoms with Crippen molar-refractivity contribution in [1.29, 1.82) is 0 Å². The third kappa shape index (κ3) is 2.78. The van der Waals surface area contributed by atoms with Crippen molar-refractivity contribution in [3.63, 3.8) is 0 Å². The van der Waals surface area contributed by atoms with Crippen molar-refractivity contribution >= 4 is 5.97 Å². The fourth-order valence-electron chi connectivity index (χ4n) is 1.59. The van der Waals surface area contributed by atoms with E-state index in [-0.39, 0.29) is 23.6 Å². The number of aromatic carboxylic acids is 1. The first-order valence-electron chi connectivity index (χ1n) is 5.20. The lowest BCUT2D eigenvalue weighted by atomic mass is 10.2. The van der Waals surface area contributed by atoms with Gasteiger partial charge >= 0.3 is 12.1 Å². The van der Waals surface area contributed by atoms with Crippen molar-refractivity contribution in [2.75, 3.05) is 0 Å². The molecule has 0 aliphatic rings. The Bertz CT molecular complexity index is 613. The molecule has 2 heterocycles. The molecule has 0 fully saturated rings. The highest BCUT2D eigenvalue weighted by Crippen LogP contribution is 2.27. The quantitative estimate of drug-likeness (QED) is 0.933. The highest BCUT2D eigenvalue weighted by atomic mass is 19.4. The molecule has 0 atom stereocenters. The molecule has 0 amide bonds. The molecule has 8 heteroatoms. The van der Waals surface area contributed by atoms with E-state index in [1.165, 1.54) is 13.0 Å². The zero-order chi connectivity index (χ0) is 14.2. The molecule has 2 rings (SSSR count). The second-order valence-electron chi connectivity index (χ2n) is 3.88. The van der Waals surface area contributed by atoms with Gasteiger partial charge in [-0.25, -0.2) is 4.79 Å². The second kappa shape index (κ2) is 4.45. The van der Waals surface area contributed by atoms with Gasteiger partial charge in [0.05, 0.1) is 6.54 Å². The van der Waals surface area contributed by atoms with Gasteiger partial charge in [0.1, 0.15) is 17.1 Å². The number of carboxylic acids is 1. The largest absolute Gasteiger partial charge is 0.478 e. The van der Waals surface area contributed by atoms with Crippen molar-refractivity contribution in [3.8, 4) is 0 Å². The Morgan fingerprint density at radius 2 is 2.21 bits per heavy atom. The maximum atomic E-state index is 12.3. The lowest BCUT2D eigenvalue weighted by Gasteiger charge is -2.01. The minimum absolute atomic E-state index is 0.0156. The number of aryl methyl sites for hydroxylation is 1. The highest BCUT2D eigenvalue weighted by Gasteiger charge is 2.33. The van der Waals surface area contributed by atoms with Gasteiger partial charge in [-0.1, -0.05) is 0 Å². The monoisotopic (exact) mass is 274 g/mol. The first-order valence-corrected chi connectivity index (χ1v) is 5.20. The molecule has 0 aliphatic carbocycles. The summed E-state index contributed by atoms with van der Waals surface area (Å²) in [5, 5.41) is 12.2. The third-order valence-corrected chi connectivity index (χ3v) is 2.45. The fraction of sp³-hybridized carbons (Fsp3) is 0.273. The molecule has 0 aromatic carbocycles. The molecular formula is C11H9F3N2O3. The number of halogens is 3. The van der Waals surface area contributed by atoms with E-state index in [9.17, 15) is 18.0 Å². The summed E-state index contributed by atoms with van der Waals surface area (Å²) in [7, 11) is 0. The van der Waals surface area contributed by atoms with Crippen molar-refractivity contribution in [2.45, 2.75) is 19.6 Å². The van der Waals surface area contributed by atoms with Crippen LogP contribution in [0.4, 0.5) is 13.2 Å². The van der Waals surface area contributed by atoms with Crippen LogP contribution in [0.15, 0.2) is 22.7 Å². The van der Waals surface area contributed by atoms with Crippen LogP contribution in [0.1, 0.15) is 27.6 Å². The number of aromatic nitrogens is 2. The zero-order valence-electron chi connectivity index (χ0n) is 9.73. The standard InChI is InChI=1S/C11H9F3N2O3/c1-6-8(10(17)18)4-7(19-6)5-16-3-2-9(15-16)11(12,13)14/h2-4H,5H2,1H3,(H,17,18). The van der Waals surface area contributed by atoms with Crippen molar-refractivity contribution in [2.24, 2.45) is 0 Å². The average molecular weight is 274 g/mol. The summed E-state index contributed by atoms with van der Waals surface area (Å²) < 4.78 is 43.2. The average Bonchev–Trinajstić information content (AvgIpc) is 2.85. The predicted octanol–water partition coefficient (Wildman–Crippen LogP) is 2.55. The Kier molecular flexibility index (Phi) is 3.09. The summed E-state index contributed by atoms with van der Waals surface area (Å²) in [6.45, 7) is 1.40. The van der Waals surface area contributed by atoms with Crippen LogP contribution in [0.2, 0.25) is 0 Å². The van der Waals surface area contributed by atoms with Gasteiger partial charge in [-0.05, 0) is 19.1 Å². The third-order valence-electron chi connectivity index (χ3n) is 2.45. The lowest BCUT2D eigenvalue weighted by molar-refractivity contribution is -0.141. The Hall–Kier alpha value is -2.25. The summed E-state index contributed by atoms with van der Waals surface area (Å²) >= 11 is 0. The summed E-state index contributed by atoms with van der Waals surface area (Å²) in [6, 6.07) is 2.11. The molecular weight excluding hydrogens is 265 g/mol. The molecule has 0 bridgehead atoms. The molecule has 19 heavy (non-hydrogen) atoms. The minimum atomic E-state index is -4.50. The molecule has 2 aromatic rings. The van der Waals surface area contributed by atoms with E-state index >= 15 is 0 Å². The van der Waals surface area contributed by atoms with Crippen LogP contribution in [0.25, 0.3) is 0 Å². The maximum absolute atomic E-state index is 12.3. The van der Waals surface area contributed by atoms with E-state index < -0.39 is 17.8 Å². The van der Waals surface area contributed by atoms with Gasteiger partial charge in [-0.15, -0.1) is 0 Å². The van der Waals surface area contributed by atoms with Gasteiger partial charge in [0.15, 0.2) is 5.69 Å². The Labute approximate surface area is 105 Å². The molecule has 2 aromatic heterocycles. The Balaban J connectivity index is 2.20. The maximum Gasteiger partial charge on any atom is 0.435 e. The summed E-state index contributed by atoms with van der Waals surface area (Å²) in [5.74, 6) is -0.721. The van der Waals surface area contributed by atoms with Crippen LogP contribution >= 0.6 is 0 Å². The molecule has 0 saturated heterocycles. The number of hydrogen-bond acceptors (Lipinski definition) is 3. The number of carboxylic acid groups (broad SMARTS) is 1. The van der Waals surface area contributed by atoms with Gasteiger partial charge < -0.3 is 9.52 Å². The second-order valence-corrected chi connectivity index (χ2v) is 3.88. The number of carbonyl (C=O) groups is 1. The van der Waals surface area contributed by atoms with E-state index in [2.05, 4.69) is 5.10 Å². The first-order chi connectivity index (χ1) is 8.77. The van der Waals surface area contributed by atoms with Crippen LogP contribution in [-0.4, -0.2) is 20.9 Å². The van der Waals surface area contributed by atoms with Gasteiger partial charge in [-0.3, -0.25) is 4.68 Å². The van der Waals surface area contributed by atoms with Gasteiger partial charge in [0, 0.05) is 6.20 Å². The number of hydrogen-bond donors (Lipinski definition) is 1. The first kappa shape index (κ1) is 13.2. The fourth-order valence-corrected chi connectivity index (χ4v) is 1.59. The number of furan rings is 1. The molecule has 0 saturated carbocycles. The van der Waals surface area contributed by atoms with Crippen molar-refractivity contribution in [3.05, 3.63) is 41.1 Å². The Morgan fingerprint density at radius 1 is 1.53 bits per heavy atom. The van der Waals surface area contributed by atoms with Gasteiger partial charge in [0.25, 0.3) is 0 Å². The molecule has 5 nitrogen and oxygen atoms in total. The van der Waals surface area contributed by atoms with Gasteiger partial charge in [0.2, 0.25) is 0 Å². The van der Waals surface area contributed by atoms with Crippen LogP contribution in [0.5, 0.6) is 0 Å². The normalized spacial score (nSPS) is 11.8. The van der Waals surface area contributed by atoms with Gasteiger partial charge in [-0.2, -0.15) is 18.3 Å². The number of rotatable bonds is 3. The van der Waals surface area contributed by atoms with E-state index in [1.807, 2.05) is 0 Å². The summed E-state index contributed by atoms with van der Waals surface area (Å²) in [5.41, 5.74) is -1.02. The highest BCUT2D eigenvalue weighted by molar-refractivity contribution is 5.88. The van der Waals surface area contributed by atoms with Crippen LogP contribution in [-0.2, 0) is 12.7 Å². The molecule has 0 radical (unpaired) electrons. The van der Waals surface area contributed by atoms with Crippen LogP contribution in [0.3, 0.4) is 0 Å². The van der Waals surface area contributed by atoms with E-state index in [0.717, 1.165) is 16.9 Å². The van der Waals surface area contributed by atoms with Crippen molar-refractivity contribution in [1.82, 2.24) is 9.78 Å². The number of nitrogens with zero attached hydrogens (tertiary/aromatic N) is 2. The number of alkyl halides is 3. The predicted molar refractivity (Wildman–Crippen MR) is 56.7 cm³/mol. The topological polar surface area (TPSA) is 68.3 Å². The molecule has 1 N–H and O–H groups in total. The van der Waals surface area contributed by atoms with Crippen LogP contribution in [0, 0.1) is 6.92 Å². The van der Waals surface area contributed by atoms with E-state index in [4.69, 9.17) is 9.52 Å². The molecule has 0 aliphatic heterocycles. The van der Waals surface area contributed by atoms with Crippen molar-refractivity contribution < 1.29 is 27.5 Å². The van der Waals surface area contributed by atoms with E-state index in [0.29, 0.717) is 0 Å². The van der Waals surface area contributed by atoms with Crippen LogP contribution < -0.4 is 0 Å².